The maximum Gasteiger partial charge on any atom is 0.416 e. The van der Waals surface area contributed by atoms with Crippen LogP contribution in [0.15, 0.2) is 89.3 Å². The number of carbonyl (C=O) groups is 1. The number of benzene rings is 3. The molecule has 0 saturated carbocycles. The lowest BCUT2D eigenvalue weighted by Crippen LogP contribution is -2.47. The van der Waals surface area contributed by atoms with Gasteiger partial charge in [-0.1, -0.05) is 30.3 Å². The number of alkyl halides is 3. The molecule has 0 spiro atoms. The van der Waals surface area contributed by atoms with Crippen LogP contribution in [-0.2, 0) is 28.9 Å². The largest absolute Gasteiger partial charge is 0.546 e. The van der Waals surface area contributed by atoms with Gasteiger partial charge in [0.25, 0.3) is 0 Å². The van der Waals surface area contributed by atoms with E-state index in [1.807, 2.05) is 6.07 Å². The number of carbonyl (C=O) groups excluding carboxylic acids is 1. The number of halogens is 3. The molecule has 0 aliphatic carbocycles. The lowest BCUT2D eigenvalue weighted by molar-refractivity contribution is -0.320. The molecular formula is C30H24F3O7S-. The molecule has 3 aromatic carbocycles. The molecule has 4 aromatic rings. The van der Waals surface area contributed by atoms with E-state index in [-0.39, 0.29) is 18.5 Å². The molecule has 0 atom stereocenters. The first-order chi connectivity index (χ1) is 19.4. The second kappa shape index (κ2) is 12.3. The fourth-order valence-electron chi connectivity index (χ4n) is 3.52. The van der Waals surface area contributed by atoms with Crippen LogP contribution in [0.25, 0.3) is 11.3 Å². The smallest absolute Gasteiger partial charge is 0.416 e. The molecule has 0 unspecified atom stereocenters. The van der Waals surface area contributed by atoms with Gasteiger partial charge in [0, 0.05) is 23.3 Å². The van der Waals surface area contributed by atoms with E-state index in [0.29, 0.717) is 39.9 Å². The summed E-state index contributed by atoms with van der Waals surface area (Å²) in [4.78, 5) is 11.2. The molecule has 0 saturated heterocycles. The average molecular weight is 586 g/mol. The standard InChI is InChI=1S/C30H25F3O7S/c1-29(2,27(34)35)40-24-14-12-22(13-15-24)36-18-26-20(17-37-28(41)38-23-6-4-3-5-7-23)16-25(39-26)19-8-10-21(11-9-19)30(31,32)33/h3-16H,17-18H2,1-2H3,(H,34,35)/p-1. The van der Waals surface area contributed by atoms with Gasteiger partial charge in [-0.3, -0.25) is 0 Å². The summed E-state index contributed by atoms with van der Waals surface area (Å²) in [5, 5.41) is 11.1. The Labute approximate surface area is 239 Å². The highest BCUT2D eigenvalue weighted by Crippen LogP contribution is 2.33. The molecule has 1 heterocycles. The molecule has 1 aromatic heterocycles. The number of furan rings is 1. The Morgan fingerprint density at radius 1 is 0.878 bits per heavy atom. The van der Waals surface area contributed by atoms with Crippen LogP contribution in [0.4, 0.5) is 13.2 Å². The first-order valence-electron chi connectivity index (χ1n) is 12.2. The Hall–Kier alpha value is -4.51. The van der Waals surface area contributed by atoms with Crippen LogP contribution in [0.5, 0.6) is 17.2 Å². The van der Waals surface area contributed by atoms with E-state index >= 15 is 0 Å². The number of carboxylic acids is 1. The van der Waals surface area contributed by atoms with Crippen LogP contribution in [-0.4, -0.2) is 16.8 Å². The second-order valence-electron chi connectivity index (χ2n) is 9.25. The monoisotopic (exact) mass is 585 g/mol. The number of ether oxygens (including phenoxy) is 4. The van der Waals surface area contributed by atoms with Crippen molar-refractivity contribution in [2.75, 3.05) is 0 Å². The molecule has 0 aliphatic heterocycles. The zero-order valence-electron chi connectivity index (χ0n) is 21.9. The van der Waals surface area contributed by atoms with Gasteiger partial charge in [0.05, 0.1) is 11.5 Å². The predicted molar refractivity (Wildman–Crippen MR) is 144 cm³/mol. The van der Waals surface area contributed by atoms with E-state index in [9.17, 15) is 23.1 Å². The van der Waals surface area contributed by atoms with Crippen molar-refractivity contribution in [1.82, 2.24) is 0 Å². The van der Waals surface area contributed by atoms with E-state index in [1.54, 1.807) is 54.6 Å². The van der Waals surface area contributed by atoms with Crippen molar-refractivity contribution < 1.29 is 46.4 Å². The minimum atomic E-state index is -4.46. The van der Waals surface area contributed by atoms with Crippen LogP contribution < -0.4 is 19.3 Å². The van der Waals surface area contributed by atoms with Gasteiger partial charge in [0.2, 0.25) is 0 Å². The van der Waals surface area contributed by atoms with Crippen LogP contribution >= 0.6 is 12.2 Å². The molecule has 7 nitrogen and oxygen atoms in total. The third-order valence-corrected chi connectivity index (χ3v) is 5.94. The number of hydrogen-bond acceptors (Lipinski definition) is 8. The summed E-state index contributed by atoms with van der Waals surface area (Å²) in [7, 11) is 0. The van der Waals surface area contributed by atoms with Crippen LogP contribution in [0.1, 0.15) is 30.7 Å². The third-order valence-electron chi connectivity index (χ3n) is 5.74. The summed E-state index contributed by atoms with van der Waals surface area (Å²) < 4.78 is 67.3. The molecule has 11 heteroatoms. The van der Waals surface area contributed by atoms with Gasteiger partial charge in [-0.2, -0.15) is 13.2 Å². The molecular weight excluding hydrogens is 561 g/mol. The molecule has 4 rings (SSSR count). The van der Waals surface area contributed by atoms with Gasteiger partial charge in [-0.05, 0) is 68.4 Å². The summed E-state index contributed by atoms with van der Waals surface area (Å²) >= 11 is 5.17. The summed E-state index contributed by atoms with van der Waals surface area (Å²) in [5.41, 5.74) is -1.34. The maximum absolute atomic E-state index is 13.0. The Balaban J connectivity index is 1.49. The zero-order valence-corrected chi connectivity index (χ0v) is 22.7. The Morgan fingerprint density at radius 2 is 1.51 bits per heavy atom. The van der Waals surface area contributed by atoms with Crippen molar-refractivity contribution in [3.8, 4) is 28.6 Å². The van der Waals surface area contributed by atoms with Crippen molar-refractivity contribution in [3.63, 3.8) is 0 Å². The first kappa shape index (κ1) is 29.5. The second-order valence-corrected chi connectivity index (χ2v) is 9.58. The SMILES string of the molecule is CC(C)(Oc1ccc(OCc2oc(-c3ccc(C(F)(F)F)cc3)cc2COC(=S)Oc2ccccc2)cc1)C(=O)[O-]. The molecule has 214 valence electrons. The first-order valence-corrected chi connectivity index (χ1v) is 12.6. The highest BCUT2D eigenvalue weighted by atomic mass is 32.1. The normalized spacial score (nSPS) is 11.5. The van der Waals surface area contributed by atoms with E-state index in [4.69, 9.17) is 35.6 Å². The van der Waals surface area contributed by atoms with E-state index in [0.717, 1.165) is 12.1 Å². The van der Waals surface area contributed by atoms with Gasteiger partial charge in [-0.25, -0.2) is 0 Å². The summed E-state index contributed by atoms with van der Waals surface area (Å²) in [6.45, 7) is 2.63. The minimum absolute atomic E-state index is 0.0560. The van der Waals surface area contributed by atoms with E-state index < -0.39 is 23.3 Å². The highest BCUT2D eigenvalue weighted by molar-refractivity contribution is 7.79. The number of thiocarbonyl (C=S) groups is 1. The Bertz CT molecular complexity index is 1480. The number of aliphatic carboxylic acids is 1. The summed E-state index contributed by atoms with van der Waals surface area (Å²) in [5.74, 6) is 0.512. The van der Waals surface area contributed by atoms with Gasteiger partial charge >= 0.3 is 11.4 Å². The fourth-order valence-corrected chi connectivity index (χ4v) is 3.67. The number of rotatable bonds is 10. The van der Waals surface area contributed by atoms with Gasteiger partial charge < -0.3 is 33.3 Å². The number of para-hydroxylation sites is 1. The lowest BCUT2D eigenvalue weighted by atomic mass is 10.1. The average Bonchev–Trinajstić information content (AvgIpc) is 3.34. The van der Waals surface area contributed by atoms with E-state index in [1.165, 1.54) is 26.0 Å². The number of hydrogen-bond donors (Lipinski definition) is 0. The minimum Gasteiger partial charge on any atom is -0.546 e. The van der Waals surface area contributed by atoms with Crippen molar-refractivity contribution in [1.29, 1.82) is 0 Å². The molecule has 0 fully saturated rings. The Morgan fingerprint density at radius 3 is 2.12 bits per heavy atom. The summed E-state index contributed by atoms with van der Waals surface area (Å²) in [6.07, 6.45) is -4.46. The topological polar surface area (TPSA) is 90.2 Å². The van der Waals surface area contributed by atoms with Crippen LogP contribution in [0.2, 0.25) is 0 Å². The molecule has 0 bridgehead atoms. The molecule has 0 radical (unpaired) electrons. The van der Waals surface area contributed by atoms with Crippen LogP contribution in [0.3, 0.4) is 0 Å². The van der Waals surface area contributed by atoms with E-state index in [2.05, 4.69) is 0 Å². The van der Waals surface area contributed by atoms with Crippen molar-refractivity contribution in [2.24, 2.45) is 0 Å². The quantitative estimate of drug-likeness (QED) is 0.200. The number of carboxylic acid groups (broad SMARTS) is 1. The highest BCUT2D eigenvalue weighted by Gasteiger charge is 2.30. The van der Waals surface area contributed by atoms with Gasteiger partial charge in [-0.15, -0.1) is 0 Å². The fraction of sp³-hybridized carbons (Fsp3) is 0.200. The lowest BCUT2D eigenvalue weighted by Gasteiger charge is -2.27. The maximum atomic E-state index is 13.0. The van der Waals surface area contributed by atoms with Gasteiger partial charge in [0.1, 0.15) is 47.6 Å². The molecule has 0 amide bonds. The Kier molecular flexibility index (Phi) is 8.87. The third kappa shape index (κ3) is 8.01. The van der Waals surface area contributed by atoms with Crippen molar-refractivity contribution in [2.45, 2.75) is 38.8 Å². The summed E-state index contributed by atoms with van der Waals surface area (Å²) in [6, 6.07) is 21.3. The predicted octanol–water partition coefficient (Wildman–Crippen LogP) is 6.33. The van der Waals surface area contributed by atoms with Crippen molar-refractivity contribution >= 4 is 23.4 Å². The molecule has 0 N–H and O–H groups in total. The van der Waals surface area contributed by atoms with Gasteiger partial charge in [0.15, 0.2) is 0 Å². The molecule has 0 aliphatic rings. The zero-order chi connectivity index (χ0) is 29.6. The molecule has 41 heavy (non-hydrogen) atoms. The van der Waals surface area contributed by atoms with Crippen molar-refractivity contribution in [3.05, 3.63) is 102 Å². The van der Waals surface area contributed by atoms with Crippen LogP contribution in [0, 0.1) is 0 Å².